The van der Waals surface area contributed by atoms with Crippen molar-refractivity contribution >= 4 is 24.2 Å². The van der Waals surface area contributed by atoms with Crippen LogP contribution in [0.3, 0.4) is 0 Å². The minimum absolute atomic E-state index is 0.170. The van der Waals surface area contributed by atoms with Crippen LogP contribution >= 0.6 is 15.9 Å². The molecule has 1 aliphatic rings. The Bertz CT molecular complexity index is 634. The van der Waals surface area contributed by atoms with Crippen LogP contribution < -0.4 is 0 Å². The van der Waals surface area contributed by atoms with Crippen LogP contribution in [0.2, 0.25) is 16.6 Å². The predicted octanol–water partition coefficient (Wildman–Crippen LogP) is 7.40. The smallest absolute Gasteiger partial charge is 0.201 e. The van der Waals surface area contributed by atoms with Gasteiger partial charge in [0.05, 0.1) is 12.2 Å². The Labute approximate surface area is 175 Å². The second-order valence-corrected chi connectivity index (χ2v) is 15.6. The first kappa shape index (κ1) is 22.9. The molecule has 0 amide bonds. The molecule has 27 heavy (non-hydrogen) atoms. The molecule has 1 aromatic rings. The van der Waals surface area contributed by atoms with Crippen molar-refractivity contribution in [2.24, 2.45) is 5.41 Å². The van der Waals surface area contributed by atoms with Gasteiger partial charge < -0.3 is 9.53 Å². The number of aliphatic hydroxyl groups is 1. The number of aliphatic hydroxyl groups excluding tert-OH is 1. The van der Waals surface area contributed by atoms with Gasteiger partial charge in [-0.1, -0.05) is 94.7 Å². The molecule has 0 bridgehead atoms. The lowest BCUT2D eigenvalue weighted by Crippen LogP contribution is -2.50. The fourth-order valence-corrected chi connectivity index (χ4v) is 11.0. The maximum atomic E-state index is 11.1. The first-order valence-corrected chi connectivity index (χ1v) is 13.3. The van der Waals surface area contributed by atoms with Crippen LogP contribution in [0.4, 0.5) is 0 Å². The first-order chi connectivity index (χ1) is 12.5. The molecule has 0 aliphatic heterocycles. The fourth-order valence-electron chi connectivity index (χ4n) is 5.01. The Morgan fingerprint density at radius 3 is 2.07 bits per heavy atom. The van der Waals surface area contributed by atoms with E-state index in [1.54, 1.807) is 0 Å². The number of hydrogen-bond donors (Lipinski definition) is 1. The minimum Gasteiger partial charge on any atom is -0.410 e. The van der Waals surface area contributed by atoms with Crippen LogP contribution in [0, 0.1) is 5.41 Å². The number of hydrogen-bond acceptors (Lipinski definition) is 2. The largest absolute Gasteiger partial charge is 0.410 e. The molecule has 1 aromatic carbocycles. The van der Waals surface area contributed by atoms with Gasteiger partial charge in [0, 0.05) is 9.89 Å². The van der Waals surface area contributed by atoms with E-state index in [9.17, 15) is 5.11 Å². The summed E-state index contributed by atoms with van der Waals surface area (Å²) in [4.78, 5) is 0. The Morgan fingerprint density at radius 1 is 1.07 bits per heavy atom. The summed E-state index contributed by atoms with van der Waals surface area (Å²) in [5, 5.41) is 11.1. The van der Waals surface area contributed by atoms with E-state index in [2.05, 4.69) is 76.5 Å². The Kier molecular flexibility index (Phi) is 7.57. The lowest BCUT2D eigenvalue weighted by molar-refractivity contribution is 0.0462. The second-order valence-electron chi connectivity index (χ2n) is 9.30. The second kappa shape index (κ2) is 8.94. The molecule has 152 valence electrons. The molecule has 0 fully saturated rings. The molecule has 0 saturated heterocycles. The Hall–Kier alpha value is -0.423. The molecule has 0 unspecified atom stereocenters. The van der Waals surface area contributed by atoms with Gasteiger partial charge in [-0.2, -0.15) is 0 Å². The predicted molar refractivity (Wildman–Crippen MR) is 122 cm³/mol. The third-order valence-electron chi connectivity index (χ3n) is 6.55. The molecule has 1 N–H and O–H groups in total. The van der Waals surface area contributed by atoms with E-state index >= 15 is 0 Å². The molecule has 0 spiro atoms. The summed E-state index contributed by atoms with van der Waals surface area (Å²) in [6, 6.07) is 7.97. The van der Waals surface area contributed by atoms with Crippen LogP contribution in [0.1, 0.15) is 73.0 Å². The van der Waals surface area contributed by atoms with E-state index < -0.39 is 14.4 Å². The van der Waals surface area contributed by atoms with E-state index in [1.165, 1.54) is 0 Å². The zero-order valence-corrected chi connectivity index (χ0v) is 20.6. The van der Waals surface area contributed by atoms with Gasteiger partial charge in [0.25, 0.3) is 0 Å². The lowest BCUT2D eigenvalue weighted by atomic mass is 9.73. The number of halogens is 1. The van der Waals surface area contributed by atoms with E-state index in [1.807, 2.05) is 24.3 Å². The van der Waals surface area contributed by atoms with Gasteiger partial charge in [0.2, 0.25) is 8.32 Å². The standard InChI is InChI=1S/C23H37BrO2Si/c1-16(2)27(17(3)4,18(5)6)26-19-12-14-23(7,15-13-19)22(25)20-10-8-9-11-21(20)24/h8-12,14,16-19,22,25H,13,15H2,1-7H3/t19-,22+,23-/m1/s1. The highest BCUT2D eigenvalue weighted by Gasteiger charge is 2.47. The third kappa shape index (κ3) is 4.60. The van der Waals surface area contributed by atoms with Crippen molar-refractivity contribution in [2.75, 3.05) is 0 Å². The van der Waals surface area contributed by atoms with Gasteiger partial charge in [-0.05, 0) is 41.1 Å². The van der Waals surface area contributed by atoms with Crippen molar-refractivity contribution in [2.45, 2.75) is 90.1 Å². The molecule has 1 aliphatic carbocycles. The maximum Gasteiger partial charge on any atom is 0.201 e. The van der Waals surface area contributed by atoms with Gasteiger partial charge in [-0.3, -0.25) is 0 Å². The average molecular weight is 454 g/mol. The van der Waals surface area contributed by atoms with Crippen molar-refractivity contribution in [3.05, 3.63) is 46.5 Å². The van der Waals surface area contributed by atoms with E-state index in [-0.39, 0.29) is 11.5 Å². The quantitative estimate of drug-likeness (QED) is 0.344. The minimum atomic E-state index is -1.88. The summed E-state index contributed by atoms with van der Waals surface area (Å²) < 4.78 is 7.90. The van der Waals surface area contributed by atoms with E-state index in [4.69, 9.17) is 4.43 Å². The Morgan fingerprint density at radius 2 is 1.63 bits per heavy atom. The van der Waals surface area contributed by atoms with Crippen LogP contribution in [0.25, 0.3) is 0 Å². The highest BCUT2D eigenvalue weighted by Crippen LogP contribution is 2.47. The zero-order chi connectivity index (χ0) is 20.4. The first-order valence-electron chi connectivity index (χ1n) is 10.3. The number of benzene rings is 1. The summed E-state index contributed by atoms with van der Waals surface area (Å²) in [5.74, 6) is 0. The van der Waals surface area contributed by atoms with Crippen LogP contribution in [-0.4, -0.2) is 19.5 Å². The van der Waals surface area contributed by atoms with Gasteiger partial charge in [-0.15, -0.1) is 0 Å². The van der Waals surface area contributed by atoms with Crippen molar-refractivity contribution < 1.29 is 9.53 Å². The molecule has 0 radical (unpaired) electrons. The van der Waals surface area contributed by atoms with Gasteiger partial charge in [0.15, 0.2) is 0 Å². The molecule has 0 aromatic heterocycles. The van der Waals surface area contributed by atoms with Crippen LogP contribution in [0.5, 0.6) is 0 Å². The normalized spacial score (nSPS) is 24.8. The van der Waals surface area contributed by atoms with Crippen LogP contribution in [0.15, 0.2) is 40.9 Å². The monoisotopic (exact) mass is 452 g/mol. The lowest BCUT2D eigenvalue weighted by Gasteiger charge is -2.46. The zero-order valence-electron chi connectivity index (χ0n) is 18.0. The molecule has 2 rings (SSSR count). The van der Waals surface area contributed by atoms with E-state index in [0.29, 0.717) is 16.6 Å². The van der Waals surface area contributed by atoms with E-state index in [0.717, 1.165) is 22.9 Å². The van der Waals surface area contributed by atoms with Gasteiger partial charge in [0.1, 0.15) is 0 Å². The van der Waals surface area contributed by atoms with Crippen molar-refractivity contribution in [1.82, 2.24) is 0 Å². The van der Waals surface area contributed by atoms with Crippen molar-refractivity contribution in [1.29, 1.82) is 0 Å². The van der Waals surface area contributed by atoms with Gasteiger partial charge in [-0.25, -0.2) is 0 Å². The van der Waals surface area contributed by atoms with Crippen LogP contribution in [-0.2, 0) is 4.43 Å². The topological polar surface area (TPSA) is 29.5 Å². The van der Waals surface area contributed by atoms with Crippen molar-refractivity contribution in [3.63, 3.8) is 0 Å². The molecule has 4 heteroatoms. The summed E-state index contributed by atoms with van der Waals surface area (Å²) >= 11 is 3.58. The molecule has 0 heterocycles. The highest BCUT2D eigenvalue weighted by atomic mass is 79.9. The average Bonchev–Trinajstić information content (AvgIpc) is 2.60. The molecular weight excluding hydrogens is 416 g/mol. The SMILES string of the molecule is CC(C)[Si](O[C@@H]1C=C[C@@](C)([C@@H](O)c2ccccc2Br)CC1)(C(C)C)C(C)C. The Balaban J connectivity index is 2.21. The summed E-state index contributed by atoms with van der Waals surface area (Å²) in [6.07, 6.45) is 5.96. The van der Waals surface area contributed by atoms with Gasteiger partial charge >= 0.3 is 0 Å². The van der Waals surface area contributed by atoms with Crippen molar-refractivity contribution in [3.8, 4) is 0 Å². The summed E-state index contributed by atoms with van der Waals surface area (Å²) in [7, 11) is -1.88. The maximum absolute atomic E-state index is 11.1. The summed E-state index contributed by atoms with van der Waals surface area (Å²) in [5.41, 5.74) is 2.46. The molecule has 3 atom stereocenters. The fraction of sp³-hybridized carbons (Fsp3) is 0.652. The molecule has 2 nitrogen and oxygen atoms in total. The summed E-state index contributed by atoms with van der Waals surface area (Å²) in [6.45, 7) is 16.2. The third-order valence-corrected chi connectivity index (χ3v) is 13.4. The number of rotatable bonds is 7. The highest BCUT2D eigenvalue weighted by molar-refractivity contribution is 9.10. The molecule has 0 saturated carbocycles. The molecular formula is C23H37BrO2Si.